The van der Waals surface area contributed by atoms with E-state index in [-0.39, 0.29) is 17.6 Å². The number of carbonyl (C=O) groups is 1. The van der Waals surface area contributed by atoms with Crippen LogP contribution >= 0.6 is 11.3 Å². The molecule has 0 fully saturated rings. The molecule has 1 aromatic carbocycles. The van der Waals surface area contributed by atoms with Gasteiger partial charge in [0.05, 0.1) is 12.3 Å². The number of methoxy groups -OCH3 is 1. The van der Waals surface area contributed by atoms with Crippen LogP contribution in [-0.2, 0) is 4.74 Å². The molecule has 3 N–H and O–H groups in total. The van der Waals surface area contributed by atoms with Crippen LogP contribution in [-0.4, -0.2) is 26.2 Å². The molecule has 2 rings (SSSR count). The summed E-state index contributed by atoms with van der Waals surface area (Å²) in [5, 5.41) is 3.41. The Morgan fingerprint density at radius 3 is 3.00 bits per heavy atom. The molecule has 0 saturated carbocycles. The van der Waals surface area contributed by atoms with Crippen molar-refractivity contribution >= 4 is 33.0 Å². The summed E-state index contributed by atoms with van der Waals surface area (Å²) in [6, 6.07) is 4.35. The number of fused-ring (bicyclic) bond motifs is 1. The van der Waals surface area contributed by atoms with Gasteiger partial charge in [-0.2, -0.15) is 0 Å². The van der Waals surface area contributed by atoms with Crippen molar-refractivity contribution in [2.75, 3.05) is 26.0 Å². The summed E-state index contributed by atoms with van der Waals surface area (Å²) in [5.74, 6) is -0.369. The topological polar surface area (TPSA) is 64.3 Å². The quantitative estimate of drug-likeness (QED) is 0.891. The smallest absolute Gasteiger partial charge is 0.263 e. The monoisotopic (exact) mass is 296 g/mol. The van der Waals surface area contributed by atoms with Gasteiger partial charge in [-0.3, -0.25) is 4.79 Å². The van der Waals surface area contributed by atoms with E-state index >= 15 is 0 Å². The largest absolute Gasteiger partial charge is 0.397 e. The van der Waals surface area contributed by atoms with Gasteiger partial charge in [0.2, 0.25) is 0 Å². The molecule has 1 amide bonds. The zero-order chi connectivity index (χ0) is 14.7. The van der Waals surface area contributed by atoms with Gasteiger partial charge in [0.15, 0.2) is 0 Å². The summed E-state index contributed by atoms with van der Waals surface area (Å²) in [6.45, 7) is 3.07. The van der Waals surface area contributed by atoms with E-state index in [4.69, 9.17) is 10.5 Å². The van der Waals surface area contributed by atoms with Crippen LogP contribution in [0.1, 0.15) is 16.6 Å². The highest BCUT2D eigenvalue weighted by Crippen LogP contribution is 2.33. The Labute approximate surface area is 120 Å². The Bertz CT molecular complexity index is 627. The number of amides is 1. The molecule has 6 heteroatoms. The SMILES string of the molecule is COCC(C)CNC(=O)c1sc2ccc(F)cc2c1N. The van der Waals surface area contributed by atoms with Crippen LogP contribution in [0.2, 0.25) is 0 Å². The maximum Gasteiger partial charge on any atom is 0.263 e. The van der Waals surface area contributed by atoms with Gasteiger partial charge in [0.1, 0.15) is 10.7 Å². The van der Waals surface area contributed by atoms with Gasteiger partial charge in [-0.25, -0.2) is 4.39 Å². The number of hydrogen-bond acceptors (Lipinski definition) is 4. The molecule has 108 valence electrons. The number of carbonyl (C=O) groups excluding carboxylic acids is 1. The van der Waals surface area contributed by atoms with Crippen LogP contribution in [0.15, 0.2) is 18.2 Å². The Balaban J connectivity index is 2.16. The van der Waals surface area contributed by atoms with Crippen molar-refractivity contribution in [1.82, 2.24) is 5.32 Å². The lowest BCUT2D eigenvalue weighted by atomic mass is 10.2. The minimum absolute atomic E-state index is 0.219. The molecule has 0 bridgehead atoms. The number of nitrogen functional groups attached to an aromatic ring is 1. The van der Waals surface area contributed by atoms with Crippen molar-refractivity contribution in [3.05, 3.63) is 28.9 Å². The highest BCUT2D eigenvalue weighted by atomic mass is 32.1. The van der Waals surface area contributed by atoms with Gasteiger partial charge in [-0.15, -0.1) is 11.3 Å². The average Bonchev–Trinajstić information content (AvgIpc) is 2.74. The molecule has 1 heterocycles. The second-order valence-corrected chi connectivity index (χ2v) is 5.81. The third-order valence-electron chi connectivity index (χ3n) is 2.96. The minimum atomic E-state index is -0.359. The number of rotatable bonds is 5. The van der Waals surface area contributed by atoms with Crippen molar-refractivity contribution in [3.63, 3.8) is 0 Å². The summed E-state index contributed by atoms with van der Waals surface area (Å²) in [4.78, 5) is 12.5. The van der Waals surface area contributed by atoms with Crippen LogP contribution in [0.4, 0.5) is 10.1 Å². The zero-order valence-electron chi connectivity index (χ0n) is 11.4. The van der Waals surface area contributed by atoms with Crippen molar-refractivity contribution in [2.45, 2.75) is 6.92 Å². The summed E-state index contributed by atoms with van der Waals surface area (Å²) >= 11 is 1.27. The summed E-state index contributed by atoms with van der Waals surface area (Å²) < 4.78 is 19.0. The van der Waals surface area contributed by atoms with E-state index in [0.717, 1.165) is 4.70 Å². The Kier molecular flexibility index (Phi) is 4.57. The predicted octanol–water partition coefficient (Wildman–Crippen LogP) is 2.63. The van der Waals surface area contributed by atoms with Crippen LogP contribution < -0.4 is 11.1 Å². The van der Waals surface area contributed by atoms with Gasteiger partial charge in [-0.05, 0) is 24.1 Å². The molecule has 0 saturated heterocycles. The first-order valence-electron chi connectivity index (χ1n) is 6.27. The average molecular weight is 296 g/mol. The van der Waals surface area contributed by atoms with Gasteiger partial charge in [-0.1, -0.05) is 6.92 Å². The Hall–Kier alpha value is -1.66. The Morgan fingerprint density at radius 1 is 1.55 bits per heavy atom. The maximum atomic E-state index is 13.2. The van der Waals surface area contributed by atoms with E-state index in [0.29, 0.717) is 29.1 Å². The fourth-order valence-corrected chi connectivity index (χ4v) is 2.97. The summed E-state index contributed by atoms with van der Waals surface area (Å²) in [5.41, 5.74) is 6.27. The second kappa shape index (κ2) is 6.19. The fourth-order valence-electron chi connectivity index (χ4n) is 1.95. The maximum absolute atomic E-state index is 13.2. The standard InChI is InChI=1S/C14H17FN2O2S/c1-8(7-19-2)6-17-14(18)13-12(16)10-5-9(15)3-4-11(10)20-13/h3-5,8H,6-7,16H2,1-2H3,(H,17,18). The molecular formula is C14H17FN2O2S. The lowest BCUT2D eigenvalue weighted by Crippen LogP contribution is -2.29. The summed E-state index contributed by atoms with van der Waals surface area (Å²) in [7, 11) is 1.62. The highest BCUT2D eigenvalue weighted by Gasteiger charge is 2.17. The first-order chi connectivity index (χ1) is 9.52. The fraction of sp³-hybridized carbons (Fsp3) is 0.357. The molecule has 1 aromatic heterocycles. The molecule has 2 aromatic rings. The predicted molar refractivity (Wildman–Crippen MR) is 79.6 cm³/mol. The molecule has 1 unspecified atom stereocenters. The number of nitrogens with one attached hydrogen (secondary N) is 1. The first-order valence-corrected chi connectivity index (χ1v) is 7.09. The summed E-state index contributed by atoms with van der Waals surface area (Å²) in [6.07, 6.45) is 0. The molecule has 0 spiro atoms. The number of anilines is 1. The van der Waals surface area contributed by atoms with E-state index in [2.05, 4.69) is 5.32 Å². The molecule has 0 radical (unpaired) electrons. The van der Waals surface area contributed by atoms with Crippen LogP contribution in [0, 0.1) is 11.7 Å². The van der Waals surface area contributed by atoms with Crippen LogP contribution in [0.25, 0.3) is 10.1 Å². The first kappa shape index (κ1) is 14.7. The Morgan fingerprint density at radius 2 is 2.30 bits per heavy atom. The van der Waals surface area contributed by atoms with Crippen molar-refractivity contribution in [3.8, 4) is 0 Å². The van der Waals surface area contributed by atoms with Crippen molar-refractivity contribution in [2.24, 2.45) is 5.92 Å². The third-order valence-corrected chi connectivity index (χ3v) is 4.14. The number of benzene rings is 1. The zero-order valence-corrected chi connectivity index (χ0v) is 12.2. The van der Waals surface area contributed by atoms with Crippen LogP contribution in [0.5, 0.6) is 0 Å². The number of ether oxygens (including phenoxy) is 1. The van der Waals surface area contributed by atoms with Gasteiger partial charge < -0.3 is 15.8 Å². The molecular weight excluding hydrogens is 279 g/mol. The number of nitrogens with two attached hydrogens (primary N) is 1. The number of hydrogen-bond donors (Lipinski definition) is 2. The lowest BCUT2D eigenvalue weighted by Gasteiger charge is -2.10. The number of thiophene rings is 1. The highest BCUT2D eigenvalue weighted by molar-refractivity contribution is 7.21. The van der Waals surface area contributed by atoms with E-state index in [1.54, 1.807) is 13.2 Å². The normalized spacial score (nSPS) is 12.6. The lowest BCUT2D eigenvalue weighted by molar-refractivity contribution is 0.0939. The second-order valence-electron chi connectivity index (χ2n) is 4.76. The number of halogens is 1. The molecule has 0 aliphatic heterocycles. The molecule has 0 aliphatic rings. The molecule has 4 nitrogen and oxygen atoms in total. The minimum Gasteiger partial charge on any atom is -0.397 e. The van der Waals surface area contributed by atoms with Gasteiger partial charge in [0.25, 0.3) is 5.91 Å². The third kappa shape index (κ3) is 3.08. The van der Waals surface area contributed by atoms with E-state index in [1.165, 1.54) is 23.5 Å². The van der Waals surface area contributed by atoms with Crippen molar-refractivity contribution < 1.29 is 13.9 Å². The molecule has 1 atom stereocenters. The van der Waals surface area contributed by atoms with Gasteiger partial charge in [0, 0.05) is 23.7 Å². The van der Waals surface area contributed by atoms with E-state index in [1.807, 2.05) is 6.92 Å². The van der Waals surface area contributed by atoms with Crippen LogP contribution in [0.3, 0.4) is 0 Å². The van der Waals surface area contributed by atoms with E-state index < -0.39 is 0 Å². The van der Waals surface area contributed by atoms with E-state index in [9.17, 15) is 9.18 Å². The molecule has 20 heavy (non-hydrogen) atoms. The molecule has 0 aliphatic carbocycles. The van der Waals surface area contributed by atoms with Gasteiger partial charge >= 0.3 is 0 Å². The van der Waals surface area contributed by atoms with Crippen molar-refractivity contribution in [1.29, 1.82) is 0 Å².